The Morgan fingerprint density at radius 3 is 2.42 bits per heavy atom. The van der Waals surface area contributed by atoms with E-state index in [0.29, 0.717) is 36.0 Å². The summed E-state index contributed by atoms with van der Waals surface area (Å²) < 4.78 is 0. The maximum absolute atomic E-state index is 11.7. The Labute approximate surface area is 189 Å². The van der Waals surface area contributed by atoms with E-state index >= 15 is 0 Å². The van der Waals surface area contributed by atoms with Crippen molar-refractivity contribution in [2.24, 2.45) is 51.5 Å². The molecule has 0 bridgehead atoms. The third kappa shape index (κ3) is 3.63. The second-order valence-electron chi connectivity index (χ2n) is 13.0. The van der Waals surface area contributed by atoms with Crippen molar-refractivity contribution in [2.75, 3.05) is 0 Å². The van der Waals surface area contributed by atoms with Crippen LogP contribution in [0, 0.1) is 51.2 Å². The molecule has 10 atom stereocenters. The van der Waals surface area contributed by atoms with Crippen LogP contribution in [0.25, 0.3) is 0 Å². The molecule has 4 fully saturated rings. The van der Waals surface area contributed by atoms with Crippen LogP contribution in [0.3, 0.4) is 0 Å². The minimum absolute atomic E-state index is 0.293. The third-order valence-corrected chi connectivity index (χ3v) is 11.2. The van der Waals surface area contributed by atoms with Crippen LogP contribution in [0.1, 0.15) is 105 Å². The van der Waals surface area contributed by atoms with Gasteiger partial charge in [0.15, 0.2) is 0 Å². The number of hydrogen-bond donors (Lipinski definition) is 2. The van der Waals surface area contributed by atoms with E-state index in [-0.39, 0.29) is 11.5 Å². The second-order valence-corrected chi connectivity index (χ2v) is 13.0. The Balaban J connectivity index is 1.53. The molecule has 0 aromatic heterocycles. The molecule has 0 aromatic carbocycles. The van der Waals surface area contributed by atoms with Crippen LogP contribution in [0.15, 0.2) is 5.18 Å². The summed E-state index contributed by atoms with van der Waals surface area (Å²) in [5.41, 5.74) is -1.06. The summed E-state index contributed by atoms with van der Waals surface area (Å²) in [6, 6.07) is -0.347. The van der Waals surface area contributed by atoms with Crippen molar-refractivity contribution in [1.82, 2.24) is 0 Å². The molecule has 4 rings (SSSR count). The van der Waals surface area contributed by atoms with Gasteiger partial charge in [-0.2, -0.15) is 4.91 Å². The average molecular weight is 434 g/mol. The molecular formula is C27H47NO3. The van der Waals surface area contributed by atoms with Crippen molar-refractivity contribution < 1.29 is 10.2 Å². The summed E-state index contributed by atoms with van der Waals surface area (Å²) in [4.78, 5) is 11.2. The highest BCUT2D eigenvalue weighted by molar-refractivity contribution is 5.17. The third-order valence-electron chi connectivity index (χ3n) is 11.2. The highest BCUT2D eigenvalue weighted by Crippen LogP contribution is 2.69. The van der Waals surface area contributed by atoms with E-state index in [2.05, 4.69) is 39.8 Å². The lowest BCUT2D eigenvalue weighted by Gasteiger charge is -2.65. The first-order chi connectivity index (χ1) is 14.6. The number of fused-ring (bicyclic) bond motifs is 5. The van der Waals surface area contributed by atoms with Crippen LogP contribution in [0.4, 0.5) is 0 Å². The van der Waals surface area contributed by atoms with Gasteiger partial charge in [-0.1, -0.05) is 59.1 Å². The Morgan fingerprint density at radius 1 is 1.00 bits per heavy atom. The Kier molecular flexibility index (Phi) is 6.40. The fourth-order valence-corrected chi connectivity index (χ4v) is 9.37. The van der Waals surface area contributed by atoms with Crippen LogP contribution in [-0.4, -0.2) is 28.0 Å². The summed E-state index contributed by atoms with van der Waals surface area (Å²) in [5, 5.41) is 26.2. The SMILES string of the molecule is CC(C)CCC[C@@H](C)C1CC[C@H]2[C@@H]3C[C@H](O)[C@@]4(O)C[C@@H](N=O)CC[C@]4(C)[C@H]3CC[C@]12C. The van der Waals surface area contributed by atoms with Gasteiger partial charge in [0, 0.05) is 11.8 Å². The molecule has 4 aliphatic carbocycles. The fourth-order valence-electron chi connectivity index (χ4n) is 9.37. The van der Waals surface area contributed by atoms with Gasteiger partial charge in [-0.25, -0.2) is 0 Å². The Morgan fingerprint density at radius 2 is 1.74 bits per heavy atom. The number of rotatable bonds is 6. The molecule has 4 heteroatoms. The summed E-state index contributed by atoms with van der Waals surface area (Å²) in [5.74, 6) is 4.00. The van der Waals surface area contributed by atoms with Crippen LogP contribution < -0.4 is 0 Å². The van der Waals surface area contributed by atoms with Crippen molar-refractivity contribution in [3.8, 4) is 0 Å². The number of hydrogen-bond acceptors (Lipinski definition) is 4. The topological polar surface area (TPSA) is 69.9 Å². The molecule has 4 nitrogen and oxygen atoms in total. The van der Waals surface area contributed by atoms with Gasteiger partial charge in [0.25, 0.3) is 0 Å². The maximum Gasteiger partial charge on any atom is 0.0982 e. The molecular weight excluding hydrogens is 386 g/mol. The molecule has 1 unspecified atom stereocenters. The molecule has 4 saturated carbocycles. The van der Waals surface area contributed by atoms with Gasteiger partial charge in [0.1, 0.15) is 0 Å². The van der Waals surface area contributed by atoms with Gasteiger partial charge >= 0.3 is 0 Å². The monoisotopic (exact) mass is 433 g/mol. The van der Waals surface area contributed by atoms with E-state index in [9.17, 15) is 15.1 Å². The van der Waals surface area contributed by atoms with Crippen LogP contribution in [0.2, 0.25) is 0 Å². The molecule has 0 spiro atoms. The van der Waals surface area contributed by atoms with Crippen LogP contribution in [-0.2, 0) is 0 Å². The summed E-state index contributed by atoms with van der Waals surface area (Å²) in [7, 11) is 0. The Hall–Kier alpha value is -0.480. The molecule has 0 aromatic rings. The van der Waals surface area contributed by atoms with Crippen molar-refractivity contribution in [3.05, 3.63) is 4.91 Å². The van der Waals surface area contributed by atoms with E-state index in [0.717, 1.165) is 37.0 Å². The first-order valence-electron chi connectivity index (χ1n) is 13.3. The van der Waals surface area contributed by atoms with E-state index in [1.807, 2.05) is 0 Å². The van der Waals surface area contributed by atoms with Crippen molar-refractivity contribution in [1.29, 1.82) is 0 Å². The van der Waals surface area contributed by atoms with E-state index in [1.165, 1.54) is 38.5 Å². The molecule has 178 valence electrons. The maximum atomic E-state index is 11.7. The zero-order chi connectivity index (χ0) is 22.6. The lowest BCUT2D eigenvalue weighted by molar-refractivity contribution is -0.255. The molecule has 31 heavy (non-hydrogen) atoms. The fraction of sp³-hybridized carbons (Fsp3) is 1.00. The number of nitrogens with zero attached hydrogens (tertiary/aromatic N) is 1. The van der Waals surface area contributed by atoms with E-state index in [1.54, 1.807) is 0 Å². The molecule has 0 heterocycles. The number of nitroso groups, excluding NO2 is 1. The van der Waals surface area contributed by atoms with Crippen LogP contribution >= 0.6 is 0 Å². The largest absolute Gasteiger partial charge is 0.390 e. The van der Waals surface area contributed by atoms with E-state index < -0.39 is 11.7 Å². The van der Waals surface area contributed by atoms with E-state index in [4.69, 9.17) is 0 Å². The lowest BCUT2D eigenvalue weighted by atomic mass is 9.42. The second kappa shape index (κ2) is 8.38. The van der Waals surface area contributed by atoms with Gasteiger partial charge in [-0.05, 0) is 85.9 Å². The van der Waals surface area contributed by atoms with Crippen molar-refractivity contribution in [2.45, 2.75) is 123 Å². The van der Waals surface area contributed by atoms with Gasteiger partial charge in [0.2, 0.25) is 0 Å². The first kappa shape index (κ1) is 23.7. The first-order valence-corrected chi connectivity index (χ1v) is 13.3. The van der Waals surface area contributed by atoms with Gasteiger partial charge in [-0.3, -0.25) is 0 Å². The highest BCUT2D eigenvalue weighted by atomic mass is 16.3. The predicted octanol–water partition coefficient (Wildman–Crippen LogP) is 6.33. The molecule has 0 radical (unpaired) electrons. The number of aliphatic hydroxyl groups excluding tert-OH is 1. The summed E-state index contributed by atoms with van der Waals surface area (Å²) >= 11 is 0. The smallest absolute Gasteiger partial charge is 0.0982 e. The summed E-state index contributed by atoms with van der Waals surface area (Å²) in [6.45, 7) is 11.9. The molecule has 0 amide bonds. The number of aliphatic hydroxyl groups is 2. The van der Waals surface area contributed by atoms with Crippen LogP contribution in [0.5, 0.6) is 0 Å². The minimum atomic E-state index is -1.15. The van der Waals surface area contributed by atoms with Gasteiger partial charge in [-0.15, -0.1) is 0 Å². The summed E-state index contributed by atoms with van der Waals surface area (Å²) in [6.07, 6.45) is 11.0. The highest BCUT2D eigenvalue weighted by Gasteiger charge is 2.67. The molecule has 0 saturated heterocycles. The Bertz CT molecular complexity index is 667. The zero-order valence-corrected chi connectivity index (χ0v) is 20.6. The van der Waals surface area contributed by atoms with Crippen molar-refractivity contribution >= 4 is 0 Å². The van der Waals surface area contributed by atoms with Crippen molar-refractivity contribution in [3.63, 3.8) is 0 Å². The average Bonchev–Trinajstić information content (AvgIpc) is 3.06. The van der Waals surface area contributed by atoms with Gasteiger partial charge in [0.05, 0.1) is 17.7 Å². The minimum Gasteiger partial charge on any atom is -0.390 e. The van der Waals surface area contributed by atoms with Gasteiger partial charge < -0.3 is 10.2 Å². The lowest BCUT2D eigenvalue weighted by Crippen LogP contribution is -2.68. The quantitative estimate of drug-likeness (QED) is 0.481. The predicted molar refractivity (Wildman–Crippen MR) is 126 cm³/mol. The standard InChI is InChI=1S/C27H47NO3/c1-17(2)7-6-8-18(3)21-9-10-22-20-15-24(29)27(30)16-19(28-31)11-14-26(27,5)23(20)12-13-25(21,22)4/h17-24,29-30H,6-16H2,1-5H3/t18-,19+,20+,21?,22+,23+,24+,25-,26-,27+/m1/s1. The molecule has 0 aliphatic heterocycles. The normalized spacial score (nSPS) is 50.5. The molecule has 2 N–H and O–H groups in total. The molecule has 4 aliphatic rings. The zero-order valence-electron chi connectivity index (χ0n) is 20.6.